The molecule has 4 heteroatoms. The van der Waals surface area contributed by atoms with Gasteiger partial charge in [0.25, 0.3) is 0 Å². The number of aliphatic hydroxyl groups excluding tert-OH is 1. The van der Waals surface area contributed by atoms with Gasteiger partial charge >= 0.3 is 0 Å². The molecule has 0 bridgehead atoms. The fourth-order valence-electron chi connectivity index (χ4n) is 2.78. The molecule has 1 aromatic rings. The Bertz CT molecular complexity index is 463. The average molecular weight is 262 g/mol. The molecule has 2 aliphatic rings. The molecule has 1 heterocycles. The number of hydrogen-bond acceptors (Lipinski definition) is 2. The van der Waals surface area contributed by atoms with Gasteiger partial charge < -0.3 is 15.0 Å². The Morgan fingerprint density at radius 3 is 2.95 bits per heavy atom. The summed E-state index contributed by atoms with van der Waals surface area (Å²) >= 11 is 0. The fourth-order valence-corrected chi connectivity index (χ4v) is 2.78. The van der Waals surface area contributed by atoms with E-state index in [2.05, 4.69) is 16.1 Å². The van der Waals surface area contributed by atoms with E-state index in [0.717, 1.165) is 44.1 Å². The highest BCUT2D eigenvalue weighted by Crippen LogP contribution is 2.29. The van der Waals surface area contributed by atoms with Crippen LogP contribution in [-0.4, -0.2) is 21.6 Å². The molecule has 1 fully saturated rings. The van der Waals surface area contributed by atoms with Crippen LogP contribution in [-0.2, 0) is 17.8 Å². The van der Waals surface area contributed by atoms with E-state index in [9.17, 15) is 9.90 Å². The van der Waals surface area contributed by atoms with Crippen LogP contribution in [0.5, 0.6) is 0 Å². The molecule has 2 aliphatic carbocycles. The quantitative estimate of drug-likeness (QED) is 0.814. The van der Waals surface area contributed by atoms with Gasteiger partial charge in [-0.05, 0) is 37.7 Å². The number of carbonyl (C=O) groups excluding carboxylic acids is 1. The number of amides is 1. The third-order valence-electron chi connectivity index (χ3n) is 4.07. The van der Waals surface area contributed by atoms with Crippen LogP contribution in [0.15, 0.2) is 12.4 Å². The molecule has 4 nitrogen and oxygen atoms in total. The standard InChI is InChI=1S/C15H22N2O2/c18-14-4-2-1-3-11-9-17(10-13(11)14)8-7-15(19)16-12-5-6-12/h9-10,12,14,18H,1-8H2,(H,16,19). The highest BCUT2D eigenvalue weighted by molar-refractivity contribution is 5.76. The van der Waals surface area contributed by atoms with Crippen LogP contribution in [0.25, 0.3) is 0 Å². The number of nitrogens with zero attached hydrogens (tertiary/aromatic N) is 1. The van der Waals surface area contributed by atoms with Gasteiger partial charge in [-0.3, -0.25) is 4.79 Å². The van der Waals surface area contributed by atoms with E-state index in [-0.39, 0.29) is 12.0 Å². The Balaban J connectivity index is 1.59. The molecule has 1 aromatic heterocycles. The molecule has 0 aromatic carbocycles. The molecule has 2 N–H and O–H groups in total. The molecule has 1 unspecified atom stereocenters. The number of hydrogen-bond donors (Lipinski definition) is 2. The summed E-state index contributed by atoms with van der Waals surface area (Å²) in [5.74, 6) is 0.145. The summed E-state index contributed by atoms with van der Waals surface area (Å²) in [5, 5.41) is 13.1. The lowest BCUT2D eigenvalue weighted by Crippen LogP contribution is -2.26. The van der Waals surface area contributed by atoms with E-state index >= 15 is 0 Å². The van der Waals surface area contributed by atoms with Crippen molar-refractivity contribution >= 4 is 5.91 Å². The van der Waals surface area contributed by atoms with Crippen LogP contribution in [0.4, 0.5) is 0 Å². The molecule has 3 rings (SSSR count). The largest absolute Gasteiger partial charge is 0.388 e. The summed E-state index contributed by atoms with van der Waals surface area (Å²) in [6.45, 7) is 0.707. The molecule has 19 heavy (non-hydrogen) atoms. The predicted octanol–water partition coefficient (Wildman–Crippen LogP) is 1.92. The normalized spacial score (nSPS) is 22.7. The van der Waals surface area contributed by atoms with E-state index in [0.29, 0.717) is 19.0 Å². The Labute approximate surface area is 113 Å². The van der Waals surface area contributed by atoms with Gasteiger partial charge in [-0.2, -0.15) is 0 Å². The van der Waals surface area contributed by atoms with Crippen LogP contribution in [0.2, 0.25) is 0 Å². The first-order valence-electron chi connectivity index (χ1n) is 7.38. The average Bonchev–Trinajstić information content (AvgIpc) is 3.13. The minimum atomic E-state index is -0.320. The molecule has 0 spiro atoms. The Kier molecular flexibility index (Phi) is 3.60. The first-order valence-corrected chi connectivity index (χ1v) is 7.38. The maximum Gasteiger partial charge on any atom is 0.222 e. The molecule has 1 saturated carbocycles. The molecular weight excluding hydrogens is 240 g/mol. The van der Waals surface area contributed by atoms with Gasteiger partial charge in [0.1, 0.15) is 0 Å². The van der Waals surface area contributed by atoms with Gasteiger partial charge in [-0.25, -0.2) is 0 Å². The second-order valence-corrected chi connectivity index (χ2v) is 5.83. The van der Waals surface area contributed by atoms with Crippen LogP contribution >= 0.6 is 0 Å². The van der Waals surface area contributed by atoms with Gasteiger partial charge in [0.05, 0.1) is 6.10 Å². The second-order valence-electron chi connectivity index (χ2n) is 5.83. The molecule has 0 aliphatic heterocycles. The lowest BCUT2D eigenvalue weighted by Gasteiger charge is -2.06. The van der Waals surface area contributed by atoms with Crippen molar-refractivity contribution in [2.75, 3.05) is 0 Å². The number of aromatic nitrogens is 1. The van der Waals surface area contributed by atoms with Crippen molar-refractivity contribution in [1.29, 1.82) is 0 Å². The van der Waals surface area contributed by atoms with Crippen LogP contribution in [0.3, 0.4) is 0 Å². The lowest BCUT2D eigenvalue weighted by molar-refractivity contribution is -0.121. The summed E-state index contributed by atoms with van der Waals surface area (Å²) in [4.78, 5) is 11.7. The van der Waals surface area contributed by atoms with Crippen molar-refractivity contribution in [3.63, 3.8) is 0 Å². The van der Waals surface area contributed by atoms with Crippen molar-refractivity contribution < 1.29 is 9.90 Å². The molecular formula is C15H22N2O2. The zero-order chi connectivity index (χ0) is 13.2. The monoisotopic (exact) mass is 262 g/mol. The molecule has 0 radical (unpaired) electrons. The summed E-state index contributed by atoms with van der Waals surface area (Å²) < 4.78 is 2.06. The highest BCUT2D eigenvalue weighted by Gasteiger charge is 2.23. The van der Waals surface area contributed by atoms with Crippen molar-refractivity contribution in [1.82, 2.24) is 9.88 Å². The number of carbonyl (C=O) groups is 1. The molecule has 0 saturated heterocycles. The minimum absolute atomic E-state index is 0.145. The number of aryl methyl sites for hydroxylation is 2. The van der Waals surface area contributed by atoms with Gasteiger partial charge in [0.15, 0.2) is 0 Å². The first kappa shape index (κ1) is 12.7. The van der Waals surface area contributed by atoms with Crippen molar-refractivity contribution in [3.8, 4) is 0 Å². The second kappa shape index (κ2) is 5.37. The Morgan fingerprint density at radius 2 is 2.16 bits per heavy atom. The fraction of sp³-hybridized carbons (Fsp3) is 0.667. The molecule has 1 amide bonds. The molecule has 1 atom stereocenters. The SMILES string of the molecule is O=C(CCn1cc2c(c1)C(O)CCCC2)NC1CC1. The van der Waals surface area contributed by atoms with Crippen LogP contribution in [0.1, 0.15) is 55.8 Å². The van der Waals surface area contributed by atoms with E-state index in [4.69, 9.17) is 0 Å². The minimum Gasteiger partial charge on any atom is -0.388 e. The zero-order valence-corrected chi connectivity index (χ0v) is 11.3. The van der Waals surface area contributed by atoms with Gasteiger partial charge in [-0.1, -0.05) is 6.42 Å². The van der Waals surface area contributed by atoms with Gasteiger partial charge in [0.2, 0.25) is 5.91 Å². The maximum absolute atomic E-state index is 11.7. The predicted molar refractivity (Wildman–Crippen MR) is 72.7 cm³/mol. The summed E-state index contributed by atoms with van der Waals surface area (Å²) in [5.41, 5.74) is 2.33. The van der Waals surface area contributed by atoms with Crippen molar-refractivity contribution in [3.05, 3.63) is 23.5 Å². The lowest BCUT2D eigenvalue weighted by atomic mass is 10.1. The highest BCUT2D eigenvalue weighted by atomic mass is 16.3. The number of fused-ring (bicyclic) bond motifs is 1. The number of rotatable bonds is 4. The van der Waals surface area contributed by atoms with Crippen LogP contribution in [0, 0.1) is 0 Å². The topological polar surface area (TPSA) is 54.3 Å². The van der Waals surface area contributed by atoms with Gasteiger partial charge in [-0.15, -0.1) is 0 Å². The summed E-state index contributed by atoms with van der Waals surface area (Å²) in [6.07, 6.45) is 10.8. The van der Waals surface area contributed by atoms with E-state index in [1.165, 1.54) is 5.56 Å². The smallest absolute Gasteiger partial charge is 0.222 e. The van der Waals surface area contributed by atoms with Crippen molar-refractivity contribution in [2.24, 2.45) is 0 Å². The summed E-state index contributed by atoms with van der Waals surface area (Å²) in [7, 11) is 0. The van der Waals surface area contributed by atoms with E-state index in [1.807, 2.05) is 6.20 Å². The van der Waals surface area contributed by atoms with E-state index in [1.54, 1.807) is 0 Å². The maximum atomic E-state index is 11.7. The van der Waals surface area contributed by atoms with Gasteiger partial charge in [0, 0.05) is 37.0 Å². The third kappa shape index (κ3) is 3.18. The first-order chi connectivity index (χ1) is 9.22. The number of aliphatic hydroxyl groups is 1. The Morgan fingerprint density at radius 1 is 1.32 bits per heavy atom. The summed E-state index contributed by atoms with van der Waals surface area (Å²) in [6, 6.07) is 0.440. The van der Waals surface area contributed by atoms with E-state index < -0.39 is 0 Å². The van der Waals surface area contributed by atoms with Crippen LogP contribution < -0.4 is 5.32 Å². The zero-order valence-electron chi connectivity index (χ0n) is 11.3. The third-order valence-corrected chi connectivity index (χ3v) is 4.07. The molecule has 104 valence electrons. The Hall–Kier alpha value is -1.29. The van der Waals surface area contributed by atoms with Crippen molar-refractivity contribution in [2.45, 2.75) is 63.6 Å². The number of nitrogens with one attached hydrogen (secondary N) is 1.